The van der Waals surface area contributed by atoms with E-state index in [-0.39, 0.29) is 0 Å². The van der Waals surface area contributed by atoms with E-state index in [1.54, 1.807) is 0 Å². The van der Waals surface area contributed by atoms with Gasteiger partial charge in [0.25, 0.3) is 0 Å². The van der Waals surface area contributed by atoms with Crippen molar-refractivity contribution < 1.29 is 0 Å². The third kappa shape index (κ3) is 0.562. The van der Waals surface area contributed by atoms with Crippen LogP contribution < -0.4 is 5.32 Å². The molecule has 3 aliphatic carbocycles. The molecule has 3 fully saturated rings. The molecule has 13 heavy (non-hydrogen) atoms. The highest BCUT2D eigenvalue weighted by Crippen LogP contribution is 2.80. The fraction of sp³-hybridized carbons (Fsp3) is 1.00. The van der Waals surface area contributed by atoms with Gasteiger partial charge >= 0.3 is 0 Å². The Morgan fingerprint density at radius 3 is 2.46 bits per heavy atom. The Morgan fingerprint density at radius 1 is 1.23 bits per heavy atom. The Hall–Kier alpha value is -0.0400. The van der Waals surface area contributed by atoms with Crippen LogP contribution in [-0.2, 0) is 0 Å². The Kier molecular flexibility index (Phi) is 1.26. The highest BCUT2D eigenvalue weighted by Gasteiger charge is 2.82. The maximum atomic E-state index is 3.66. The molecule has 0 radical (unpaired) electrons. The van der Waals surface area contributed by atoms with Crippen LogP contribution in [0.3, 0.4) is 0 Å². The molecule has 0 aliphatic heterocycles. The maximum absolute atomic E-state index is 3.66. The van der Waals surface area contributed by atoms with E-state index in [9.17, 15) is 0 Å². The lowest BCUT2D eigenvalue weighted by molar-refractivity contribution is 0.214. The van der Waals surface area contributed by atoms with Crippen molar-refractivity contribution in [2.45, 2.75) is 39.2 Å². The zero-order chi connectivity index (χ0) is 9.43. The minimum absolute atomic E-state index is 0.546. The Labute approximate surface area is 81.3 Å². The second-order valence-corrected chi connectivity index (χ2v) is 5.88. The third-order valence-electron chi connectivity index (χ3n) is 6.10. The molecule has 3 aliphatic rings. The number of hydrogen-bond acceptors (Lipinski definition) is 1. The molecule has 0 amide bonds. The molecular weight excluding hydrogens is 158 g/mol. The van der Waals surface area contributed by atoms with Crippen LogP contribution in [0.1, 0.15) is 33.6 Å². The fourth-order valence-electron chi connectivity index (χ4n) is 5.47. The smallest absolute Gasteiger partial charge is 0.0298 e. The van der Waals surface area contributed by atoms with Crippen molar-refractivity contribution in [1.82, 2.24) is 5.32 Å². The van der Waals surface area contributed by atoms with E-state index in [1.165, 1.54) is 12.8 Å². The summed E-state index contributed by atoms with van der Waals surface area (Å²) in [5, 5.41) is 3.66. The Balaban J connectivity index is 2.04. The van der Waals surface area contributed by atoms with E-state index < -0.39 is 0 Å². The third-order valence-corrected chi connectivity index (χ3v) is 6.10. The monoisotopic (exact) mass is 179 g/mol. The maximum Gasteiger partial charge on any atom is 0.0298 e. The Bertz CT molecular complexity index is 262. The summed E-state index contributed by atoms with van der Waals surface area (Å²) in [7, 11) is 2.17. The molecule has 0 spiro atoms. The van der Waals surface area contributed by atoms with Crippen LogP contribution in [0.2, 0.25) is 0 Å². The van der Waals surface area contributed by atoms with Gasteiger partial charge in [0.1, 0.15) is 0 Å². The molecule has 3 rings (SSSR count). The van der Waals surface area contributed by atoms with Crippen LogP contribution >= 0.6 is 0 Å². The van der Waals surface area contributed by atoms with Crippen molar-refractivity contribution in [1.29, 1.82) is 0 Å². The van der Waals surface area contributed by atoms with Gasteiger partial charge in [-0.2, -0.15) is 0 Å². The molecule has 3 saturated carbocycles. The van der Waals surface area contributed by atoms with E-state index in [0.717, 1.165) is 23.7 Å². The first-order valence-corrected chi connectivity index (χ1v) is 5.78. The van der Waals surface area contributed by atoms with Crippen molar-refractivity contribution in [2.24, 2.45) is 29.1 Å². The molecule has 1 heteroatoms. The predicted molar refractivity (Wildman–Crippen MR) is 54.4 cm³/mol. The van der Waals surface area contributed by atoms with Crippen LogP contribution in [0.25, 0.3) is 0 Å². The first kappa shape index (κ1) is 8.28. The zero-order valence-electron chi connectivity index (χ0n) is 9.22. The number of rotatable bonds is 1. The average Bonchev–Trinajstić information content (AvgIpc) is 2.47. The SMILES string of the molecule is CNC12C3CC([C@@H](C)C3)C1(C)C2C. The quantitative estimate of drug-likeness (QED) is 0.651. The van der Waals surface area contributed by atoms with Gasteiger partial charge in [0.15, 0.2) is 0 Å². The van der Waals surface area contributed by atoms with Crippen molar-refractivity contribution in [3.05, 3.63) is 0 Å². The molecule has 6 atom stereocenters. The lowest BCUT2D eigenvalue weighted by Crippen LogP contribution is -2.40. The van der Waals surface area contributed by atoms with Crippen LogP contribution in [0.15, 0.2) is 0 Å². The lowest BCUT2D eigenvalue weighted by atomic mass is 9.79. The highest BCUT2D eigenvalue weighted by atomic mass is 15.1. The summed E-state index contributed by atoms with van der Waals surface area (Å²) in [6, 6.07) is 0. The van der Waals surface area contributed by atoms with Crippen LogP contribution in [-0.4, -0.2) is 12.6 Å². The van der Waals surface area contributed by atoms with Gasteiger partial charge in [-0.15, -0.1) is 0 Å². The molecule has 0 aromatic heterocycles. The molecule has 5 unspecified atom stereocenters. The molecule has 0 saturated heterocycles. The minimum Gasteiger partial charge on any atom is -0.313 e. The number of hydrogen-bond donors (Lipinski definition) is 1. The molecule has 2 bridgehead atoms. The summed E-state index contributed by atoms with van der Waals surface area (Å²) >= 11 is 0. The van der Waals surface area contributed by atoms with E-state index in [1.807, 2.05) is 0 Å². The van der Waals surface area contributed by atoms with Crippen LogP contribution in [0, 0.1) is 29.1 Å². The highest BCUT2D eigenvalue weighted by molar-refractivity contribution is 5.35. The van der Waals surface area contributed by atoms with Crippen molar-refractivity contribution in [3.8, 4) is 0 Å². The summed E-state index contributed by atoms with van der Waals surface area (Å²) in [5.41, 5.74) is 1.19. The summed E-state index contributed by atoms with van der Waals surface area (Å²) in [4.78, 5) is 0. The van der Waals surface area contributed by atoms with Gasteiger partial charge < -0.3 is 5.32 Å². The van der Waals surface area contributed by atoms with Crippen molar-refractivity contribution in [3.63, 3.8) is 0 Å². The van der Waals surface area contributed by atoms with Gasteiger partial charge in [-0.25, -0.2) is 0 Å². The first-order chi connectivity index (χ1) is 6.09. The number of fused-ring (bicyclic) bond motifs is 5. The van der Waals surface area contributed by atoms with E-state index >= 15 is 0 Å². The normalized spacial score (nSPS) is 68.3. The van der Waals surface area contributed by atoms with Crippen LogP contribution in [0.4, 0.5) is 0 Å². The van der Waals surface area contributed by atoms with Gasteiger partial charge in [-0.1, -0.05) is 20.8 Å². The van der Waals surface area contributed by atoms with Gasteiger partial charge in [-0.05, 0) is 49.0 Å². The first-order valence-electron chi connectivity index (χ1n) is 5.78. The van der Waals surface area contributed by atoms with Crippen molar-refractivity contribution >= 4 is 0 Å². The summed E-state index contributed by atoms with van der Waals surface area (Å²) < 4.78 is 0. The Morgan fingerprint density at radius 2 is 1.92 bits per heavy atom. The molecule has 0 aromatic carbocycles. The lowest BCUT2D eigenvalue weighted by Gasteiger charge is -2.30. The topological polar surface area (TPSA) is 12.0 Å². The molecule has 0 heterocycles. The molecule has 1 nitrogen and oxygen atoms in total. The van der Waals surface area contributed by atoms with Crippen LogP contribution in [0.5, 0.6) is 0 Å². The fourth-order valence-corrected chi connectivity index (χ4v) is 5.47. The second kappa shape index (κ2) is 1.98. The summed E-state index contributed by atoms with van der Waals surface area (Å²) in [5.74, 6) is 3.90. The van der Waals surface area contributed by atoms with Gasteiger partial charge in [0, 0.05) is 5.54 Å². The van der Waals surface area contributed by atoms with E-state index in [2.05, 4.69) is 33.1 Å². The van der Waals surface area contributed by atoms with Gasteiger partial charge in [-0.3, -0.25) is 0 Å². The van der Waals surface area contributed by atoms with Gasteiger partial charge in [0.05, 0.1) is 0 Å². The standard InChI is InChI=1S/C12H21N/c1-7-5-9-6-10(7)11(3)8(2)12(9,11)13-4/h7-10,13H,5-6H2,1-4H3/t7-,8?,9?,10?,11?,12?/m0/s1. The molecule has 0 aromatic rings. The number of nitrogens with one attached hydrogen (secondary N) is 1. The summed E-state index contributed by atoms with van der Waals surface area (Å²) in [6.07, 6.45) is 2.98. The van der Waals surface area contributed by atoms with Crippen molar-refractivity contribution in [2.75, 3.05) is 7.05 Å². The average molecular weight is 179 g/mol. The molecule has 74 valence electrons. The van der Waals surface area contributed by atoms with E-state index in [0.29, 0.717) is 11.0 Å². The van der Waals surface area contributed by atoms with E-state index in [4.69, 9.17) is 0 Å². The zero-order valence-corrected chi connectivity index (χ0v) is 9.22. The molecular formula is C12H21N. The van der Waals surface area contributed by atoms with Gasteiger partial charge in [0.2, 0.25) is 0 Å². The molecule has 1 N–H and O–H groups in total. The minimum atomic E-state index is 0.546. The summed E-state index contributed by atoms with van der Waals surface area (Å²) in [6.45, 7) is 7.43. The largest absolute Gasteiger partial charge is 0.313 e. The second-order valence-electron chi connectivity index (χ2n) is 5.88. The predicted octanol–water partition coefficient (Wildman–Crippen LogP) is 2.28.